The number of ether oxygens (including phenoxy) is 1. The van der Waals surface area contributed by atoms with Crippen molar-refractivity contribution in [1.29, 1.82) is 0 Å². The highest BCUT2D eigenvalue weighted by molar-refractivity contribution is 9.13. The molecule has 0 N–H and O–H groups in total. The van der Waals surface area contributed by atoms with Gasteiger partial charge in [-0.25, -0.2) is 9.18 Å². The SMILES string of the molecule is COC(=O)C(F)c1ccc(Br)c(Br)c1. The number of esters is 1. The van der Waals surface area contributed by atoms with Gasteiger partial charge in [0.05, 0.1) is 7.11 Å². The Bertz CT molecular complexity index is 355. The summed E-state index contributed by atoms with van der Waals surface area (Å²) in [5.41, 5.74) is 0.270. The van der Waals surface area contributed by atoms with E-state index >= 15 is 0 Å². The van der Waals surface area contributed by atoms with Gasteiger partial charge in [0.25, 0.3) is 0 Å². The molecule has 1 rings (SSSR count). The van der Waals surface area contributed by atoms with Crippen LogP contribution in [0.5, 0.6) is 0 Å². The first-order valence-corrected chi connectivity index (χ1v) is 5.31. The molecule has 0 amide bonds. The number of benzene rings is 1. The van der Waals surface area contributed by atoms with Crippen LogP contribution in [0.15, 0.2) is 27.1 Å². The van der Waals surface area contributed by atoms with Gasteiger partial charge in [-0.1, -0.05) is 6.07 Å². The average molecular weight is 326 g/mol. The van der Waals surface area contributed by atoms with Crippen LogP contribution < -0.4 is 0 Å². The van der Waals surface area contributed by atoms with E-state index in [1.807, 2.05) is 0 Å². The van der Waals surface area contributed by atoms with Crippen LogP contribution in [0.4, 0.5) is 4.39 Å². The first-order valence-electron chi connectivity index (χ1n) is 3.73. The summed E-state index contributed by atoms with van der Waals surface area (Å²) in [6, 6.07) is 4.72. The number of hydrogen-bond donors (Lipinski definition) is 0. The zero-order chi connectivity index (χ0) is 10.7. The van der Waals surface area contributed by atoms with Crippen molar-refractivity contribution in [3.8, 4) is 0 Å². The molecule has 0 saturated heterocycles. The maximum Gasteiger partial charge on any atom is 0.345 e. The molecule has 0 heterocycles. The Balaban J connectivity index is 2.96. The molecule has 76 valence electrons. The number of methoxy groups -OCH3 is 1. The maximum atomic E-state index is 13.3. The standard InChI is InChI=1S/C9H7Br2FO2/c1-14-9(13)8(12)5-2-3-6(10)7(11)4-5/h2-4,8H,1H3. The highest BCUT2D eigenvalue weighted by Crippen LogP contribution is 2.28. The van der Waals surface area contributed by atoms with Gasteiger partial charge in [-0.05, 0) is 49.6 Å². The molecule has 0 saturated carbocycles. The predicted octanol–water partition coefficient (Wildman–Crippen LogP) is 3.40. The molecule has 5 heteroatoms. The van der Waals surface area contributed by atoms with Crippen molar-refractivity contribution in [1.82, 2.24) is 0 Å². The minimum atomic E-state index is -1.73. The summed E-state index contributed by atoms with van der Waals surface area (Å²) in [6.45, 7) is 0. The number of rotatable bonds is 2. The fourth-order valence-electron chi connectivity index (χ4n) is 0.910. The molecule has 0 spiro atoms. The number of halogens is 3. The van der Waals surface area contributed by atoms with Gasteiger partial charge in [0.15, 0.2) is 0 Å². The average Bonchev–Trinajstić information content (AvgIpc) is 2.20. The molecule has 0 bridgehead atoms. The Hall–Kier alpha value is -0.420. The Morgan fingerprint density at radius 3 is 2.57 bits per heavy atom. The number of carbonyl (C=O) groups is 1. The van der Waals surface area contributed by atoms with Crippen LogP contribution in [-0.4, -0.2) is 13.1 Å². The van der Waals surface area contributed by atoms with Crippen molar-refractivity contribution in [2.75, 3.05) is 7.11 Å². The molecular formula is C9H7Br2FO2. The number of carbonyl (C=O) groups excluding carboxylic acids is 1. The fourth-order valence-corrected chi connectivity index (χ4v) is 1.55. The van der Waals surface area contributed by atoms with Crippen molar-refractivity contribution in [3.05, 3.63) is 32.7 Å². The number of alkyl halides is 1. The Morgan fingerprint density at radius 2 is 2.07 bits per heavy atom. The quantitative estimate of drug-likeness (QED) is 0.779. The second kappa shape index (κ2) is 4.89. The summed E-state index contributed by atoms with van der Waals surface area (Å²) in [7, 11) is 1.16. The van der Waals surface area contributed by atoms with Crippen LogP contribution in [0.3, 0.4) is 0 Å². The third-order valence-corrected chi connectivity index (χ3v) is 3.52. The van der Waals surface area contributed by atoms with E-state index in [2.05, 4.69) is 36.6 Å². The minimum Gasteiger partial charge on any atom is -0.467 e. The summed E-state index contributed by atoms with van der Waals surface area (Å²) in [4.78, 5) is 10.9. The van der Waals surface area contributed by atoms with Crippen LogP contribution in [0.2, 0.25) is 0 Å². The van der Waals surface area contributed by atoms with Crippen molar-refractivity contribution >= 4 is 37.8 Å². The van der Waals surface area contributed by atoms with Gasteiger partial charge in [-0.3, -0.25) is 0 Å². The van der Waals surface area contributed by atoms with Crippen molar-refractivity contribution in [3.63, 3.8) is 0 Å². The monoisotopic (exact) mass is 324 g/mol. The summed E-state index contributed by atoms with van der Waals surface area (Å²) in [5, 5.41) is 0. The summed E-state index contributed by atoms with van der Waals surface area (Å²) < 4.78 is 19.1. The van der Waals surface area contributed by atoms with E-state index in [0.717, 1.165) is 11.6 Å². The predicted molar refractivity (Wildman–Crippen MR) is 57.7 cm³/mol. The maximum absolute atomic E-state index is 13.3. The van der Waals surface area contributed by atoms with E-state index in [-0.39, 0.29) is 5.56 Å². The van der Waals surface area contributed by atoms with Gasteiger partial charge in [-0.15, -0.1) is 0 Å². The molecule has 0 aliphatic carbocycles. The lowest BCUT2D eigenvalue weighted by Crippen LogP contribution is -2.09. The van der Waals surface area contributed by atoms with Gasteiger partial charge in [0.2, 0.25) is 6.17 Å². The van der Waals surface area contributed by atoms with Gasteiger partial charge >= 0.3 is 5.97 Å². The molecular weight excluding hydrogens is 319 g/mol. The second-order valence-electron chi connectivity index (χ2n) is 2.56. The molecule has 1 atom stereocenters. The van der Waals surface area contributed by atoms with Gasteiger partial charge in [-0.2, -0.15) is 0 Å². The minimum absolute atomic E-state index is 0.270. The van der Waals surface area contributed by atoms with Crippen molar-refractivity contribution in [2.45, 2.75) is 6.17 Å². The zero-order valence-electron chi connectivity index (χ0n) is 7.26. The number of hydrogen-bond acceptors (Lipinski definition) is 2. The Morgan fingerprint density at radius 1 is 1.43 bits per heavy atom. The van der Waals surface area contributed by atoms with E-state index in [4.69, 9.17) is 0 Å². The molecule has 0 radical (unpaired) electrons. The molecule has 1 aromatic carbocycles. The largest absolute Gasteiger partial charge is 0.467 e. The fraction of sp³-hybridized carbons (Fsp3) is 0.222. The summed E-state index contributed by atoms with van der Waals surface area (Å²) in [6.07, 6.45) is -1.73. The molecule has 0 aliphatic rings. The molecule has 14 heavy (non-hydrogen) atoms. The Kier molecular flexibility index (Phi) is 4.07. The van der Waals surface area contributed by atoms with Crippen molar-refractivity contribution < 1.29 is 13.9 Å². The first-order chi connectivity index (χ1) is 6.56. The van der Waals surface area contributed by atoms with Gasteiger partial charge in [0, 0.05) is 8.95 Å². The van der Waals surface area contributed by atoms with E-state index in [1.165, 1.54) is 12.1 Å². The third-order valence-electron chi connectivity index (χ3n) is 1.64. The van der Waals surface area contributed by atoms with E-state index in [9.17, 15) is 9.18 Å². The molecule has 2 nitrogen and oxygen atoms in total. The van der Waals surface area contributed by atoms with Crippen LogP contribution in [0.1, 0.15) is 11.7 Å². The van der Waals surface area contributed by atoms with Crippen LogP contribution in [0, 0.1) is 0 Å². The highest BCUT2D eigenvalue weighted by atomic mass is 79.9. The molecule has 0 fully saturated rings. The van der Waals surface area contributed by atoms with Gasteiger partial charge in [0.1, 0.15) is 0 Å². The first kappa shape index (κ1) is 11.7. The van der Waals surface area contributed by atoms with E-state index in [0.29, 0.717) is 4.47 Å². The smallest absolute Gasteiger partial charge is 0.345 e. The van der Waals surface area contributed by atoms with E-state index < -0.39 is 12.1 Å². The molecule has 0 aromatic heterocycles. The highest BCUT2D eigenvalue weighted by Gasteiger charge is 2.20. The lowest BCUT2D eigenvalue weighted by atomic mass is 10.1. The molecule has 1 aromatic rings. The second-order valence-corrected chi connectivity index (χ2v) is 4.27. The third kappa shape index (κ3) is 2.54. The molecule has 0 aliphatic heterocycles. The van der Waals surface area contributed by atoms with Crippen LogP contribution in [-0.2, 0) is 9.53 Å². The van der Waals surface area contributed by atoms with Gasteiger partial charge < -0.3 is 4.74 Å². The summed E-state index contributed by atoms with van der Waals surface area (Å²) in [5.74, 6) is -0.890. The van der Waals surface area contributed by atoms with Crippen LogP contribution in [0.25, 0.3) is 0 Å². The zero-order valence-corrected chi connectivity index (χ0v) is 10.4. The van der Waals surface area contributed by atoms with E-state index in [1.54, 1.807) is 6.07 Å². The van der Waals surface area contributed by atoms with Crippen molar-refractivity contribution in [2.24, 2.45) is 0 Å². The normalized spacial score (nSPS) is 12.3. The van der Waals surface area contributed by atoms with Crippen LogP contribution >= 0.6 is 31.9 Å². The lowest BCUT2D eigenvalue weighted by Gasteiger charge is -2.07. The lowest BCUT2D eigenvalue weighted by molar-refractivity contribution is -0.146. The molecule has 1 unspecified atom stereocenters. The Labute approximate surface area is 97.7 Å². The summed E-state index contributed by atoms with van der Waals surface area (Å²) >= 11 is 6.47. The topological polar surface area (TPSA) is 26.3 Å².